The summed E-state index contributed by atoms with van der Waals surface area (Å²) in [6, 6.07) is 12.1. The minimum absolute atomic E-state index is 0.0610. The van der Waals surface area contributed by atoms with Crippen molar-refractivity contribution in [3.8, 4) is 28.5 Å². The number of carbonyl (C=O) groups excluding carboxylic acids is 2. The summed E-state index contributed by atoms with van der Waals surface area (Å²) in [4.78, 5) is 30.7. The largest absolute Gasteiger partial charge is 0.491 e. The van der Waals surface area contributed by atoms with Crippen LogP contribution < -0.4 is 20.5 Å². The molecular weight excluding hydrogens is 584 g/mol. The number of hydrogen-bond acceptors (Lipinski definition) is 8. The van der Waals surface area contributed by atoms with Gasteiger partial charge in [-0.2, -0.15) is 13.2 Å². The highest BCUT2D eigenvalue weighted by molar-refractivity contribution is 5.96. The minimum Gasteiger partial charge on any atom is -0.438 e. The molecule has 2 aromatic carbocycles. The minimum atomic E-state index is -5.14. The fourth-order valence-electron chi connectivity index (χ4n) is 5.25. The van der Waals surface area contributed by atoms with E-state index in [4.69, 9.17) is 15.2 Å². The van der Waals surface area contributed by atoms with Gasteiger partial charge in [-0.3, -0.25) is 9.69 Å². The van der Waals surface area contributed by atoms with Gasteiger partial charge in [-0.1, -0.05) is 18.2 Å². The molecular formula is C31H32F4N4O5. The molecule has 234 valence electrons. The molecule has 3 aromatic rings. The van der Waals surface area contributed by atoms with E-state index in [1.54, 1.807) is 30.3 Å². The van der Waals surface area contributed by atoms with Gasteiger partial charge in [0.05, 0.1) is 19.4 Å². The van der Waals surface area contributed by atoms with Crippen LogP contribution in [0.15, 0.2) is 54.7 Å². The maximum atomic E-state index is 14.2. The number of pyridine rings is 1. The zero-order valence-electron chi connectivity index (χ0n) is 23.7. The first-order valence-electron chi connectivity index (χ1n) is 14.3. The van der Waals surface area contributed by atoms with Crippen molar-refractivity contribution in [2.75, 3.05) is 26.3 Å². The van der Waals surface area contributed by atoms with Crippen LogP contribution in [0.3, 0.4) is 0 Å². The summed E-state index contributed by atoms with van der Waals surface area (Å²) in [7, 11) is 0. The molecule has 13 heteroatoms. The number of nitrogens with one attached hydrogen (secondary N) is 1. The second-order valence-corrected chi connectivity index (χ2v) is 10.8. The number of rotatable bonds is 8. The topological polar surface area (TPSA) is 116 Å². The lowest BCUT2D eigenvalue weighted by Gasteiger charge is -2.27. The molecule has 1 aliphatic heterocycles. The van der Waals surface area contributed by atoms with Gasteiger partial charge in [0.1, 0.15) is 22.9 Å². The van der Waals surface area contributed by atoms with Crippen LogP contribution in [-0.2, 0) is 16.1 Å². The van der Waals surface area contributed by atoms with Crippen LogP contribution in [0.2, 0.25) is 0 Å². The van der Waals surface area contributed by atoms with Gasteiger partial charge in [0.2, 0.25) is 5.88 Å². The smallest absolute Gasteiger partial charge is 0.438 e. The number of nitrogens with zero attached hydrogens (tertiary/aromatic N) is 2. The maximum absolute atomic E-state index is 14.2. The van der Waals surface area contributed by atoms with Crippen LogP contribution in [0, 0.1) is 5.82 Å². The highest BCUT2D eigenvalue weighted by atomic mass is 19.4. The molecule has 3 N–H and O–H groups in total. The number of halogens is 4. The van der Waals surface area contributed by atoms with Gasteiger partial charge in [0.25, 0.3) is 5.91 Å². The first-order valence-corrected chi connectivity index (χ1v) is 14.3. The van der Waals surface area contributed by atoms with E-state index in [0.717, 1.165) is 37.9 Å². The summed E-state index contributed by atoms with van der Waals surface area (Å²) in [5.41, 5.74) is 7.82. The Morgan fingerprint density at radius 2 is 1.77 bits per heavy atom. The Hall–Kier alpha value is -4.07. The molecule has 2 fully saturated rings. The number of carbonyl (C=O) groups is 2. The van der Waals surface area contributed by atoms with Crippen molar-refractivity contribution < 1.29 is 41.4 Å². The van der Waals surface area contributed by atoms with Gasteiger partial charge >= 0.3 is 12.1 Å². The molecule has 0 bridgehead atoms. The Morgan fingerprint density at radius 3 is 2.50 bits per heavy atom. The predicted molar refractivity (Wildman–Crippen MR) is 152 cm³/mol. The van der Waals surface area contributed by atoms with E-state index in [1.807, 2.05) is 0 Å². The number of esters is 1. The molecule has 1 saturated heterocycles. The quantitative estimate of drug-likeness (QED) is 0.207. The molecule has 1 saturated carbocycles. The Labute approximate surface area is 251 Å². The monoisotopic (exact) mass is 616 g/mol. The average Bonchev–Trinajstić information content (AvgIpc) is 2.99. The number of aromatic nitrogens is 1. The fraction of sp³-hybridized carbons (Fsp3) is 0.387. The van der Waals surface area contributed by atoms with Crippen molar-refractivity contribution in [1.29, 1.82) is 0 Å². The molecule has 44 heavy (non-hydrogen) atoms. The van der Waals surface area contributed by atoms with Crippen LogP contribution >= 0.6 is 0 Å². The fourth-order valence-corrected chi connectivity index (χ4v) is 5.25. The summed E-state index contributed by atoms with van der Waals surface area (Å²) in [5, 5.41) is 2.92. The van der Waals surface area contributed by atoms with E-state index >= 15 is 0 Å². The molecule has 1 aromatic heterocycles. The molecule has 5 rings (SSSR count). The third-order valence-electron chi connectivity index (χ3n) is 7.55. The summed E-state index contributed by atoms with van der Waals surface area (Å²) < 4.78 is 68.7. The van der Waals surface area contributed by atoms with Crippen LogP contribution in [0.1, 0.15) is 41.6 Å². The van der Waals surface area contributed by atoms with Gasteiger partial charge in [0, 0.05) is 31.7 Å². The molecule has 1 aliphatic carbocycles. The Balaban J connectivity index is 1.40. The van der Waals surface area contributed by atoms with Crippen LogP contribution in [0.5, 0.6) is 17.4 Å². The van der Waals surface area contributed by atoms with Crippen LogP contribution in [0.4, 0.5) is 17.6 Å². The SMILES string of the molecule is N[C@H]1CC[C@H](NC(=O)c2cc(F)cnc2Oc2cccc(-c3ccc(OC(=O)C(F)(F)F)cc3CN3CCOCC3)c2)CC1. The van der Waals surface area contributed by atoms with E-state index in [2.05, 4.69) is 19.9 Å². The van der Waals surface area contributed by atoms with Gasteiger partial charge in [0.15, 0.2) is 0 Å². The van der Waals surface area contributed by atoms with Crippen molar-refractivity contribution >= 4 is 11.9 Å². The van der Waals surface area contributed by atoms with Gasteiger partial charge < -0.3 is 25.3 Å². The van der Waals surface area contributed by atoms with Crippen molar-refractivity contribution in [2.45, 2.75) is 50.5 Å². The van der Waals surface area contributed by atoms with Gasteiger partial charge in [-0.15, -0.1) is 0 Å². The number of amides is 1. The first-order chi connectivity index (χ1) is 21.0. The second kappa shape index (κ2) is 13.7. The van der Waals surface area contributed by atoms with E-state index in [9.17, 15) is 27.2 Å². The number of nitrogens with two attached hydrogens (primary N) is 1. The lowest BCUT2D eigenvalue weighted by atomic mass is 9.91. The Morgan fingerprint density at radius 1 is 1.02 bits per heavy atom. The molecule has 0 unspecified atom stereocenters. The van der Waals surface area contributed by atoms with E-state index in [1.165, 1.54) is 12.1 Å². The van der Waals surface area contributed by atoms with Crippen LogP contribution in [-0.4, -0.2) is 66.3 Å². The maximum Gasteiger partial charge on any atom is 0.491 e. The molecule has 9 nitrogen and oxygen atoms in total. The molecule has 0 radical (unpaired) electrons. The van der Waals surface area contributed by atoms with Crippen molar-refractivity contribution in [2.24, 2.45) is 5.73 Å². The summed E-state index contributed by atoms with van der Waals surface area (Å²) in [6.07, 6.45) is -1.19. The third kappa shape index (κ3) is 8.10. The molecule has 0 spiro atoms. The standard InChI is InChI=1S/C31H32F4N4O5/c32-21-16-27(28(40)38-23-6-4-22(36)5-7-23)29(37-17-21)43-24-3-1-2-19(14-24)26-9-8-25(44-30(41)31(33,34)35)15-20(26)18-39-10-12-42-13-11-39/h1-3,8-9,14-17,22-23H,4-7,10-13,18,36H2,(H,38,40)/t22-,23-. The highest BCUT2D eigenvalue weighted by Crippen LogP contribution is 2.33. The Kier molecular flexibility index (Phi) is 9.77. The van der Waals surface area contributed by atoms with E-state index in [-0.39, 0.29) is 29.3 Å². The average molecular weight is 617 g/mol. The lowest BCUT2D eigenvalue weighted by Crippen LogP contribution is -2.40. The highest BCUT2D eigenvalue weighted by Gasteiger charge is 2.41. The van der Waals surface area contributed by atoms with Crippen LogP contribution in [0.25, 0.3) is 11.1 Å². The third-order valence-corrected chi connectivity index (χ3v) is 7.55. The molecule has 2 aliphatic rings. The van der Waals surface area contributed by atoms with Crippen molar-refractivity contribution in [3.05, 3.63) is 71.7 Å². The van der Waals surface area contributed by atoms with Crippen molar-refractivity contribution in [3.63, 3.8) is 0 Å². The summed E-state index contributed by atoms with van der Waals surface area (Å²) in [6.45, 7) is 2.61. The lowest BCUT2D eigenvalue weighted by molar-refractivity contribution is -0.189. The summed E-state index contributed by atoms with van der Waals surface area (Å²) >= 11 is 0. The normalized spacial score (nSPS) is 19.3. The zero-order chi connectivity index (χ0) is 31.3. The molecule has 0 atom stereocenters. The summed E-state index contributed by atoms with van der Waals surface area (Å²) in [5.74, 6) is -3.54. The Bertz CT molecular complexity index is 1490. The first kappa shape index (κ1) is 31.4. The van der Waals surface area contributed by atoms with E-state index < -0.39 is 23.9 Å². The number of benzene rings is 2. The van der Waals surface area contributed by atoms with Gasteiger partial charge in [-0.25, -0.2) is 14.2 Å². The molecule has 2 heterocycles. The number of alkyl halides is 3. The number of morpholine rings is 1. The number of ether oxygens (including phenoxy) is 3. The van der Waals surface area contributed by atoms with Crippen molar-refractivity contribution in [1.82, 2.24) is 15.2 Å². The predicted octanol–water partition coefficient (Wildman–Crippen LogP) is 4.98. The van der Waals surface area contributed by atoms with E-state index in [0.29, 0.717) is 55.3 Å². The number of hydrogen-bond donors (Lipinski definition) is 2. The van der Waals surface area contributed by atoms with Gasteiger partial charge in [-0.05, 0) is 72.7 Å². The zero-order valence-corrected chi connectivity index (χ0v) is 23.7. The second-order valence-electron chi connectivity index (χ2n) is 10.8. The molecule has 1 amide bonds.